The maximum absolute atomic E-state index is 12.1. The van der Waals surface area contributed by atoms with Gasteiger partial charge in [-0.05, 0) is 19.1 Å². The van der Waals surface area contributed by atoms with E-state index in [1.165, 1.54) is 24.3 Å². The van der Waals surface area contributed by atoms with Crippen LogP contribution in [0.4, 0.5) is 0 Å². The van der Waals surface area contributed by atoms with E-state index in [-0.39, 0.29) is 4.90 Å². The monoisotopic (exact) mass is 254 g/mol. The zero-order valence-corrected chi connectivity index (χ0v) is 9.76. The molecule has 0 radical (unpaired) electrons. The first-order valence-electron chi connectivity index (χ1n) is 4.58. The van der Waals surface area contributed by atoms with Crippen molar-refractivity contribution in [2.75, 3.05) is 0 Å². The number of carbonyl (C=O) groups is 1. The highest BCUT2D eigenvalue weighted by molar-refractivity contribution is 7.94. The van der Waals surface area contributed by atoms with E-state index in [0.717, 1.165) is 6.92 Å². The summed E-state index contributed by atoms with van der Waals surface area (Å²) in [7, 11) is -4.17. The number of hydrogen-bond acceptors (Lipinski definition) is 3. The molecule has 17 heavy (non-hydrogen) atoms. The molecule has 1 unspecified atom stereocenters. The number of carboxylic acid groups (broad SMARTS) is 1. The van der Waals surface area contributed by atoms with Crippen LogP contribution in [0.2, 0.25) is 0 Å². The highest BCUT2D eigenvalue weighted by Gasteiger charge is 2.50. The Morgan fingerprint density at radius 1 is 1.41 bits per heavy atom. The quantitative estimate of drug-likeness (QED) is 0.482. The van der Waals surface area contributed by atoms with Crippen molar-refractivity contribution < 1.29 is 23.1 Å². The minimum Gasteiger partial charge on any atom is -0.480 e. The molecule has 0 aliphatic carbocycles. The van der Waals surface area contributed by atoms with Gasteiger partial charge in [0.2, 0.25) is 9.84 Å². The normalized spacial score (nSPS) is 14.4. The van der Waals surface area contributed by atoms with Gasteiger partial charge in [0.25, 0.3) is 11.0 Å². The second-order valence-electron chi connectivity index (χ2n) is 3.47. The lowest BCUT2D eigenvalue weighted by atomic mass is 10.2. The second-order valence-corrected chi connectivity index (χ2v) is 5.80. The second kappa shape index (κ2) is 4.48. The number of benzene rings is 1. The Morgan fingerprint density at radius 3 is 2.35 bits per heavy atom. The van der Waals surface area contributed by atoms with Crippen LogP contribution in [0.25, 0.3) is 5.53 Å². The number of sulfone groups is 1. The van der Waals surface area contributed by atoms with Crippen molar-refractivity contribution in [2.24, 2.45) is 0 Å². The lowest BCUT2D eigenvalue weighted by molar-refractivity contribution is -0.138. The van der Waals surface area contributed by atoms with Crippen LogP contribution >= 0.6 is 0 Å². The lowest BCUT2D eigenvalue weighted by Gasteiger charge is -2.16. The molecular formula is C10H10N2O4S. The number of hydrogen-bond donors (Lipinski definition) is 1. The molecule has 0 bridgehead atoms. The van der Waals surface area contributed by atoms with Crippen LogP contribution in [0.1, 0.15) is 6.92 Å². The summed E-state index contributed by atoms with van der Waals surface area (Å²) in [6.07, 6.45) is 0.484. The molecule has 0 spiro atoms. The van der Waals surface area contributed by atoms with Gasteiger partial charge >= 0.3 is 5.97 Å². The first-order valence-corrected chi connectivity index (χ1v) is 6.06. The molecule has 1 aromatic carbocycles. The Balaban J connectivity index is 3.50. The van der Waals surface area contributed by atoms with E-state index in [4.69, 9.17) is 10.6 Å². The maximum Gasteiger partial charge on any atom is 0.336 e. The predicted molar refractivity (Wildman–Crippen MR) is 59.4 cm³/mol. The molecule has 0 amide bonds. The summed E-state index contributed by atoms with van der Waals surface area (Å²) >= 11 is 0. The van der Waals surface area contributed by atoms with Gasteiger partial charge in [0.15, 0.2) is 0 Å². The van der Waals surface area contributed by atoms with Gasteiger partial charge in [-0.3, -0.25) is 0 Å². The number of aliphatic carboxylic acids is 1. The zero-order valence-electron chi connectivity index (χ0n) is 8.94. The van der Waals surface area contributed by atoms with Gasteiger partial charge in [-0.1, -0.05) is 18.2 Å². The maximum atomic E-state index is 12.1. The fourth-order valence-corrected chi connectivity index (χ4v) is 2.62. The molecule has 0 aliphatic heterocycles. The first-order chi connectivity index (χ1) is 7.86. The summed E-state index contributed by atoms with van der Waals surface area (Å²) in [5.41, 5.74) is 8.40. The molecule has 0 saturated carbocycles. The molecular weight excluding hydrogens is 244 g/mol. The molecule has 6 nitrogen and oxygen atoms in total. The van der Waals surface area contributed by atoms with E-state index in [2.05, 4.69) is 4.79 Å². The highest BCUT2D eigenvalue weighted by Crippen LogP contribution is 2.24. The van der Waals surface area contributed by atoms with E-state index in [9.17, 15) is 13.2 Å². The number of nitrogens with zero attached hydrogens (tertiary/aromatic N) is 2. The van der Waals surface area contributed by atoms with Crippen molar-refractivity contribution in [3.63, 3.8) is 0 Å². The smallest absolute Gasteiger partial charge is 0.336 e. The largest absolute Gasteiger partial charge is 0.480 e. The Bertz CT molecular complexity index is 572. The molecule has 0 fully saturated rings. The summed E-state index contributed by atoms with van der Waals surface area (Å²) in [6, 6.07) is 7.12. The molecule has 0 aromatic heterocycles. The molecule has 7 heteroatoms. The van der Waals surface area contributed by atoms with Crippen molar-refractivity contribution in [3.05, 3.63) is 35.9 Å². The van der Waals surface area contributed by atoms with E-state index >= 15 is 0 Å². The summed E-state index contributed by atoms with van der Waals surface area (Å²) in [5.74, 6) is -1.61. The Labute approximate surface area is 98.1 Å². The van der Waals surface area contributed by atoms with Crippen LogP contribution in [0, 0.1) is 0 Å². The summed E-state index contributed by atoms with van der Waals surface area (Å²) in [5, 5.41) is 8.98. The number of rotatable bonds is 4. The molecule has 0 saturated heterocycles. The minimum atomic E-state index is -4.17. The zero-order chi connectivity index (χ0) is 13.1. The molecule has 1 N–H and O–H groups in total. The van der Waals surface area contributed by atoms with Crippen molar-refractivity contribution in [3.8, 4) is 0 Å². The molecule has 90 valence electrons. The van der Waals surface area contributed by atoms with Crippen LogP contribution in [0.3, 0.4) is 0 Å². The Hall–Kier alpha value is -1.98. The standard InChI is InChI=1S/C10H10N2O4S/c1-10(7-12-11,9(13)14)17(15,16)8-5-3-2-4-6-8/h2-7H,1H3,(H,13,14). The predicted octanol–water partition coefficient (Wildman–Crippen LogP) is 0.604. The van der Waals surface area contributed by atoms with Crippen LogP contribution in [-0.4, -0.2) is 35.2 Å². The Kier molecular flexibility index (Phi) is 3.45. The van der Waals surface area contributed by atoms with Crippen molar-refractivity contribution >= 4 is 22.0 Å². The van der Waals surface area contributed by atoms with Gasteiger partial charge in [0.05, 0.1) is 4.90 Å². The van der Waals surface area contributed by atoms with Gasteiger partial charge in [-0.15, -0.1) is 0 Å². The average molecular weight is 254 g/mol. The fraction of sp³-hybridized carbons (Fsp3) is 0.200. The third kappa shape index (κ3) is 2.11. The van der Waals surface area contributed by atoms with Crippen molar-refractivity contribution in [2.45, 2.75) is 16.6 Å². The van der Waals surface area contributed by atoms with Gasteiger partial charge in [-0.25, -0.2) is 13.2 Å². The van der Waals surface area contributed by atoms with E-state index in [0.29, 0.717) is 6.21 Å². The average Bonchev–Trinajstić information content (AvgIpc) is 2.30. The molecule has 1 atom stereocenters. The van der Waals surface area contributed by atoms with Crippen LogP contribution in [0.15, 0.2) is 35.2 Å². The van der Waals surface area contributed by atoms with E-state index in [1.54, 1.807) is 6.07 Å². The summed E-state index contributed by atoms with van der Waals surface area (Å²) in [4.78, 5) is 13.4. The fourth-order valence-electron chi connectivity index (χ4n) is 1.19. The van der Waals surface area contributed by atoms with Gasteiger partial charge in [-0.2, -0.15) is 4.79 Å². The van der Waals surface area contributed by atoms with Gasteiger partial charge in [0.1, 0.15) is 0 Å². The highest BCUT2D eigenvalue weighted by atomic mass is 32.2. The van der Waals surface area contributed by atoms with E-state index < -0.39 is 20.6 Å². The first kappa shape index (κ1) is 13.1. The third-order valence-electron chi connectivity index (χ3n) is 2.34. The molecule has 0 heterocycles. The number of carboxylic acids is 1. The Morgan fingerprint density at radius 2 is 1.94 bits per heavy atom. The van der Waals surface area contributed by atoms with Crippen molar-refractivity contribution in [1.29, 1.82) is 0 Å². The van der Waals surface area contributed by atoms with Gasteiger partial charge < -0.3 is 10.6 Å². The molecule has 1 aromatic rings. The lowest BCUT2D eigenvalue weighted by Crippen LogP contribution is -2.45. The SMILES string of the molecule is CC(C=[N+]=[N-])(C(=O)O)S(=O)(=O)c1ccccc1. The van der Waals surface area contributed by atoms with Gasteiger partial charge in [0, 0.05) is 0 Å². The minimum absolute atomic E-state index is 0.148. The van der Waals surface area contributed by atoms with Crippen LogP contribution in [-0.2, 0) is 14.6 Å². The van der Waals surface area contributed by atoms with Crippen LogP contribution in [0.5, 0.6) is 0 Å². The van der Waals surface area contributed by atoms with E-state index in [1.807, 2.05) is 0 Å². The van der Waals surface area contributed by atoms with Crippen LogP contribution < -0.4 is 0 Å². The molecule has 1 rings (SSSR count). The summed E-state index contributed by atoms with van der Waals surface area (Å²) in [6.45, 7) is 0.956. The topological polar surface area (TPSA) is 108 Å². The molecule has 0 aliphatic rings. The third-order valence-corrected chi connectivity index (χ3v) is 4.63. The summed E-state index contributed by atoms with van der Waals surface area (Å²) < 4.78 is 21.9. The van der Waals surface area contributed by atoms with Crippen molar-refractivity contribution in [1.82, 2.24) is 0 Å².